The number of para-hydroxylation sites is 1. The number of nitrogens with one attached hydrogen (secondary N) is 1. The van der Waals surface area contributed by atoms with Gasteiger partial charge in [0.15, 0.2) is 5.49 Å². The van der Waals surface area contributed by atoms with Crippen LogP contribution in [0.1, 0.15) is 10.4 Å². The highest BCUT2D eigenvalue weighted by Gasteiger charge is 2.18. The number of phenols is 1. The largest absolute Gasteiger partial charge is 0.507 e. The van der Waals surface area contributed by atoms with Gasteiger partial charge in [0.05, 0.1) is 4.90 Å². The van der Waals surface area contributed by atoms with Crippen LogP contribution in [0.5, 0.6) is 5.75 Å². The molecule has 4 aromatic rings. The third-order valence-corrected chi connectivity index (χ3v) is 6.25. The summed E-state index contributed by atoms with van der Waals surface area (Å²) in [5, 5.41) is 23.9. The van der Waals surface area contributed by atoms with Crippen molar-refractivity contribution >= 4 is 26.9 Å². The molecule has 0 aliphatic carbocycles. The Labute approximate surface area is 183 Å². The average molecular weight is 449 g/mol. The van der Waals surface area contributed by atoms with Gasteiger partial charge in [-0.1, -0.05) is 48.5 Å². The van der Waals surface area contributed by atoms with Crippen molar-refractivity contribution in [3.63, 3.8) is 0 Å². The number of benzene rings is 3. The highest BCUT2D eigenvalue weighted by molar-refractivity contribution is 7.89. The molecule has 32 heavy (non-hydrogen) atoms. The van der Waals surface area contributed by atoms with Gasteiger partial charge in [0.25, 0.3) is 10.0 Å². The van der Waals surface area contributed by atoms with Crippen LogP contribution in [0.15, 0.2) is 88.9 Å². The van der Waals surface area contributed by atoms with Gasteiger partial charge in [0.1, 0.15) is 11.3 Å². The fourth-order valence-electron chi connectivity index (χ4n) is 3.40. The summed E-state index contributed by atoms with van der Waals surface area (Å²) in [5.74, 6) is -1.97. The lowest BCUT2D eigenvalue weighted by Crippen LogP contribution is -2.26. The Bertz CT molecular complexity index is 1510. The Morgan fingerprint density at radius 3 is 2.38 bits per heavy atom. The van der Waals surface area contributed by atoms with Crippen molar-refractivity contribution in [2.75, 3.05) is 0 Å². The zero-order chi connectivity index (χ0) is 22.9. The number of nitrogens with zero attached hydrogens (tertiary/aromatic N) is 2. The molecule has 8 nitrogen and oxygen atoms in total. The van der Waals surface area contributed by atoms with Gasteiger partial charge in [-0.25, -0.2) is 4.79 Å². The summed E-state index contributed by atoms with van der Waals surface area (Å²) in [5.41, 5.74) is 2.52. The zero-order valence-corrected chi connectivity index (χ0v) is 17.7. The lowest BCUT2D eigenvalue weighted by atomic mass is 10.0. The molecule has 1 heterocycles. The van der Waals surface area contributed by atoms with E-state index in [-0.39, 0.29) is 4.90 Å². The Morgan fingerprint density at radius 2 is 1.66 bits per heavy atom. The number of pyridine rings is 1. The van der Waals surface area contributed by atoms with E-state index in [9.17, 15) is 18.3 Å². The lowest BCUT2D eigenvalue weighted by molar-refractivity contribution is 0.0693. The first-order valence-electron chi connectivity index (χ1n) is 9.54. The molecule has 162 valence electrons. The number of aromatic carboxylic acids is 1. The van der Waals surface area contributed by atoms with Gasteiger partial charge >= 0.3 is 5.97 Å². The lowest BCUT2D eigenvalue weighted by Gasteiger charge is -2.12. The number of aromatic nitrogens is 1. The van der Waals surface area contributed by atoms with Gasteiger partial charge in [-0.05, 0) is 41.5 Å². The number of aryl methyl sites for hydroxylation is 1. The van der Waals surface area contributed by atoms with E-state index in [0.29, 0.717) is 5.49 Å². The summed E-state index contributed by atoms with van der Waals surface area (Å²) in [6.07, 6.45) is 0. The van der Waals surface area contributed by atoms with Crippen LogP contribution in [0.3, 0.4) is 0 Å². The highest BCUT2D eigenvalue weighted by atomic mass is 32.2. The van der Waals surface area contributed by atoms with E-state index >= 15 is 0 Å². The van der Waals surface area contributed by atoms with Gasteiger partial charge in [0.2, 0.25) is 0 Å². The van der Waals surface area contributed by atoms with Crippen LogP contribution in [0.2, 0.25) is 0 Å². The monoisotopic (exact) mass is 449 g/mol. The van der Waals surface area contributed by atoms with Crippen molar-refractivity contribution in [2.45, 2.75) is 4.90 Å². The summed E-state index contributed by atoms with van der Waals surface area (Å²) < 4.78 is 27.2. The number of sulfonamides is 1. The molecule has 0 unspecified atom stereocenters. The Kier molecular flexibility index (Phi) is 5.41. The second-order valence-electron chi connectivity index (χ2n) is 7.05. The number of carbonyl (C=O) groups is 1. The smallest absolute Gasteiger partial charge is 0.339 e. The van der Waals surface area contributed by atoms with Crippen molar-refractivity contribution in [1.82, 2.24) is 9.40 Å². The topological polar surface area (TPSA) is 121 Å². The van der Waals surface area contributed by atoms with Gasteiger partial charge < -0.3 is 14.8 Å². The molecule has 0 bridgehead atoms. The second-order valence-corrected chi connectivity index (χ2v) is 8.71. The first kappa shape index (κ1) is 21.1. The molecule has 3 N–H and O–H groups in total. The zero-order valence-electron chi connectivity index (χ0n) is 16.9. The van der Waals surface area contributed by atoms with E-state index in [1.54, 1.807) is 17.7 Å². The van der Waals surface area contributed by atoms with Crippen LogP contribution in [0.25, 0.3) is 22.0 Å². The molecule has 4 rings (SSSR count). The van der Waals surface area contributed by atoms with Crippen LogP contribution in [-0.4, -0.2) is 29.2 Å². The Hall–Kier alpha value is -4.11. The second kappa shape index (κ2) is 8.20. The molecule has 0 radical (unpaired) electrons. The minimum atomic E-state index is -4.18. The molecule has 0 aliphatic heterocycles. The fraction of sp³-hybridized carbons (Fsp3) is 0.0435. The first-order chi connectivity index (χ1) is 15.3. The van der Waals surface area contributed by atoms with Crippen LogP contribution >= 0.6 is 0 Å². The molecule has 0 atom stereocenters. The predicted molar refractivity (Wildman–Crippen MR) is 119 cm³/mol. The van der Waals surface area contributed by atoms with Crippen molar-refractivity contribution < 1.29 is 23.4 Å². The maximum Gasteiger partial charge on any atom is 0.339 e. The van der Waals surface area contributed by atoms with E-state index in [1.165, 1.54) is 0 Å². The summed E-state index contributed by atoms with van der Waals surface area (Å²) in [4.78, 5) is 13.1. The first-order valence-corrected chi connectivity index (χ1v) is 11.0. The van der Waals surface area contributed by atoms with Crippen LogP contribution in [0.4, 0.5) is 0 Å². The maximum absolute atomic E-state index is 12.7. The molecule has 1 aromatic heterocycles. The third kappa shape index (κ3) is 3.93. The normalized spacial score (nSPS) is 12.1. The molecule has 0 saturated carbocycles. The third-order valence-electron chi connectivity index (χ3n) is 5.05. The van der Waals surface area contributed by atoms with E-state index in [2.05, 4.69) is 9.93 Å². The molecule has 0 spiro atoms. The summed E-state index contributed by atoms with van der Waals surface area (Å²) in [6.45, 7) is 0. The molecule has 3 aromatic carbocycles. The predicted octanol–water partition coefficient (Wildman–Crippen LogP) is 3.04. The summed E-state index contributed by atoms with van der Waals surface area (Å²) in [6, 6.07) is 22.2. The Morgan fingerprint density at radius 1 is 0.969 bits per heavy atom. The number of rotatable bonds is 5. The fourth-order valence-corrected chi connectivity index (χ4v) is 4.24. The maximum atomic E-state index is 12.7. The van der Waals surface area contributed by atoms with Gasteiger partial charge in [-0.2, -0.15) is 13.2 Å². The number of aromatic hydroxyl groups is 1. The minimum Gasteiger partial charge on any atom is -0.507 e. The van der Waals surface area contributed by atoms with Crippen molar-refractivity contribution in [1.29, 1.82) is 0 Å². The van der Waals surface area contributed by atoms with Gasteiger partial charge in [-0.15, -0.1) is 5.10 Å². The molecular weight excluding hydrogens is 430 g/mol. The van der Waals surface area contributed by atoms with Gasteiger partial charge in [-0.3, -0.25) is 0 Å². The van der Waals surface area contributed by atoms with Crippen molar-refractivity contribution in [3.8, 4) is 16.9 Å². The van der Waals surface area contributed by atoms with Crippen molar-refractivity contribution in [2.24, 2.45) is 12.1 Å². The quantitative estimate of drug-likeness (QED) is 0.405. The van der Waals surface area contributed by atoms with Gasteiger partial charge in [0, 0.05) is 18.0 Å². The van der Waals surface area contributed by atoms with E-state index < -0.39 is 27.3 Å². The van der Waals surface area contributed by atoms with E-state index in [1.807, 2.05) is 54.6 Å². The standard InChI is InChI=1S/C23H19N3O5S/c1-26-20-10-6-5-9-17(20)18(15-7-3-2-4-8-15)14-22(26)24-25-32(30,31)16-11-12-21(27)19(13-16)23(28)29/h2-14,25,27H,1H3,(H,28,29). The molecule has 0 aliphatic rings. The number of hydrogen-bond acceptors (Lipinski definition) is 5. The van der Waals surface area contributed by atoms with E-state index in [4.69, 9.17) is 5.11 Å². The molecule has 9 heteroatoms. The number of carboxylic acid groups (broad SMARTS) is 1. The molecular formula is C23H19N3O5S. The van der Waals surface area contributed by atoms with E-state index in [0.717, 1.165) is 40.2 Å². The van der Waals surface area contributed by atoms with Crippen LogP contribution in [0, 0.1) is 0 Å². The number of hydrogen-bond donors (Lipinski definition) is 3. The summed E-state index contributed by atoms with van der Waals surface area (Å²) in [7, 11) is -2.41. The minimum absolute atomic E-state index is 0.330. The molecule has 0 fully saturated rings. The average Bonchev–Trinajstić information content (AvgIpc) is 2.79. The van der Waals surface area contributed by atoms with Crippen molar-refractivity contribution in [3.05, 3.63) is 89.9 Å². The number of fused-ring (bicyclic) bond motifs is 1. The molecule has 0 saturated heterocycles. The Balaban J connectivity index is 1.84. The van der Waals surface area contributed by atoms with Crippen LogP contribution < -0.4 is 10.3 Å². The SMILES string of the molecule is Cn1c(=NNS(=O)(=O)c2ccc(O)c(C(=O)O)c2)cc(-c2ccccc2)c2ccccc21. The van der Waals surface area contributed by atoms with Crippen LogP contribution in [-0.2, 0) is 17.1 Å². The highest BCUT2D eigenvalue weighted by Crippen LogP contribution is 2.26. The number of carboxylic acids is 1. The summed E-state index contributed by atoms with van der Waals surface area (Å²) >= 11 is 0. The molecule has 0 amide bonds.